The van der Waals surface area contributed by atoms with E-state index in [1.807, 2.05) is 19.6 Å². The van der Waals surface area contributed by atoms with Crippen LogP contribution < -0.4 is 0 Å². The second-order valence-electron chi connectivity index (χ2n) is 3.61. The molecule has 0 aliphatic carbocycles. The Morgan fingerprint density at radius 2 is 1.92 bits per heavy atom. The van der Waals surface area contributed by atoms with Gasteiger partial charge in [-0.15, -0.1) is 0 Å². The molecule has 0 aromatic heterocycles. The highest BCUT2D eigenvalue weighted by Crippen LogP contribution is 2.10. The Labute approximate surface area is 84.8 Å². The fraction of sp³-hybridized carbons (Fsp3) is 0.625. The van der Waals surface area contributed by atoms with Gasteiger partial charge in [0.1, 0.15) is 5.03 Å². The lowest BCUT2D eigenvalue weighted by Crippen LogP contribution is -2.33. The Kier molecular flexibility index (Phi) is 4.67. The maximum Gasteiger partial charge on any atom is 0.351 e. The molecule has 0 aliphatic heterocycles. The lowest BCUT2D eigenvalue weighted by molar-refractivity contribution is -0.156. The smallest absolute Gasteiger partial charge is 0.351 e. The lowest BCUT2D eigenvalue weighted by Gasteiger charge is -2.22. The first kappa shape index (κ1) is 12.7. The number of esters is 1. The molecule has 0 bridgehead atoms. The molecule has 76 valence electrons. The molecule has 0 aromatic rings. The van der Waals surface area contributed by atoms with Gasteiger partial charge in [-0.2, -0.15) is 0 Å². The van der Waals surface area contributed by atoms with Crippen molar-refractivity contribution in [2.24, 2.45) is 0 Å². The van der Waals surface area contributed by atoms with Crippen molar-refractivity contribution in [3.05, 3.63) is 11.6 Å². The molecule has 13 heavy (non-hydrogen) atoms. The Morgan fingerprint density at radius 1 is 1.46 bits per heavy atom. The van der Waals surface area contributed by atoms with Gasteiger partial charge in [-0.1, -0.05) is 18.2 Å². The zero-order valence-electron chi connectivity index (χ0n) is 8.39. The second kappa shape index (κ2) is 4.79. The van der Waals surface area contributed by atoms with Gasteiger partial charge in [-0.25, -0.2) is 4.79 Å². The van der Waals surface area contributed by atoms with Crippen molar-refractivity contribution in [1.29, 1.82) is 0 Å². The molecule has 0 amide bonds. The van der Waals surface area contributed by atoms with Crippen LogP contribution in [0.4, 0.5) is 0 Å². The van der Waals surface area contributed by atoms with Gasteiger partial charge < -0.3 is 9.16 Å². The van der Waals surface area contributed by atoms with Crippen molar-refractivity contribution in [2.75, 3.05) is 0 Å². The summed E-state index contributed by atoms with van der Waals surface area (Å²) in [6.45, 7) is 10.9. The predicted octanol–water partition coefficient (Wildman–Crippen LogP) is 2.48. The summed E-state index contributed by atoms with van der Waals surface area (Å²) in [5.74, 6) is -0.632. The average molecular weight is 223 g/mol. The molecule has 0 radical (unpaired) electrons. The fourth-order valence-electron chi connectivity index (χ4n) is 0.737. The largest absolute Gasteiger partial charge is 0.433 e. The Balaban J connectivity index is 3.95. The maximum atomic E-state index is 10.9. The summed E-state index contributed by atoms with van der Waals surface area (Å²) in [5, 5.41) is -0.133. The molecule has 0 saturated heterocycles. The lowest BCUT2D eigenvalue weighted by atomic mass is 10.6. The van der Waals surface area contributed by atoms with Crippen LogP contribution in [-0.4, -0.2) is 20.6 Å². The number of hydrogen-bond donors (Lipinski definition) is 0. The predicted molar refractivity (Wildman–Crippen MR) is 55.0 cm³/mol. The number of carbonyl (C=O) groups excluding carboxylic acids is 1. The molecule has 0 spiro atoms. The second-order valence-corrected chi connectivity index (χ2v) is 8.52. The third-order valence-electron chi connectivity index (χ3n) is 1.01. The summed E-state index contributed by atoms with van der Waals surface area (Å²) < 4.78 is 10.3. The van der Waals surface area contributed by atoms with Crippen molar-refractivity contribution in [3.63, 3.8) is 0 Å². The van der Waals surface area contributed by atoms with Crippen molar-refractivity contribution >= 4 is 25.9 Å². The highest BCUT2D eigenvalue weighted by molar-refractivity contribution is 6.69. The molecule has 0 aromatic carbocycles. The van der Waals surface area contributed by atoms with Crippen LogP contribution >= 0.6 is 11.6 Å². The molecule has 1 unspecified atom stereocenters. The van der Waals surface area contributed by atoms with Crippen molar-refractivity contribution in [3.8, 4) is 0 Å². The van der Waals surface area contributed by atoms with E-state index in [-0.39, 0.29) is 5.03 Å². The van der Waals surface area contributed by atoms with E-state index in [9.17, 15) is 4.79 Å². The van der Waals surface area contributed by atoms with E-state index in [1.165, 1.54) is 0 Å². The summed E-state index contributed by atoms with van der Waals surface area (Å²) >= 11 is 5.33. The molecule has 0 aliphatic rings. The normalized spacial score (nSPS) is 13.6. The molecule has 5 heteroatoms. The average Bonchev–Trinajstić information content (AvgIpc) is 1.81. The van der Waals surface area contributed by atoms with Crippen molar-refractivity contribution in [1.82, 2.24) is 0 Å². The van der Waals surface area contributed by atoms with Gasteiger partial charge in [0, 0.05) is 0 Å². The van der Waals surface area contributed by atoms with Crippen LogP contribution in [0.2, 0.25) is 19.6 Å². The van der Waals surface area contributed by atoms with Crippen LogP contribution in [0.5, 0.6) is 0 Å². The van der Waals surface area contributed by atoms with Gasteiger partial charge in [-0.3, -0.25) is 0 Å². The summed E-state index contributed by atoms with van der Waals surface area (Å²) in [7, 11) is -1.67. The number of carbonyl (C=O) groups is 1. The Bertz CT molecular complexity index is 210. The molecule has 1 atom stereocenters. The molecule has 0 saturated carbocycles. The standard InChI is InChI=1S/C8H15ClO3Si/c1-6(9)8(10)11-7(2)12-13(3,4)5/h7H,1H2,2-5H3. The molecular weight excluding hydrogens is 208 g/mol. The minimum atomic E-state index is -1.67. The number of hydrogen-bond acceptors (Lipinski definition) is 3. The summed E-state index contributed by atoms with van der Waals surface area (Å²) in [6, 6.07) is 0. The van der Waals surface area contributed by atoms with Gasteiger partial charge >= 0.3 is 5.97 Å². The SMILES string of the molecule is C=C(Cl)C(=O)OC(C)O[Si](C)(C)C. The van der Waals surface area contributed by atoms with Gasteiger partial charge in [0.15, 0.2) is 14.6 Å². The number of halogens is 1. The van der Waals surface area contributed by atoms with E-state index in [1.54, 1.807) is 6.92 Å². The summed E-state index contributed by atoms with van der Waals surface area (Å²) in [6.07, 6.45) is -0.560. The van der Waals surface area contributed by atoms with E-state index < -0.39 is 20.6 Å². The van der Waals surface area contributed by atoms with Crippen LogP contribution in [0.3, 0.4) is 0 Å². The van der Waals surface area contributed by atoms with Crippen LogP contribution in [-0.2, 0) is 14.0 Å². The number of ether oxygens (including phenoxy) is 1. The monoisotopic (exact) mass is 222 g/mol. The third kappa shape index (κ3) is 6.80. The van der Waals surface area contributed by atoms with Gasteiger partial charge in [0.25, 0.3) is 0 Å². The molecule has 0 fully saturated rings. The topological polar surface area (TPSA) is 35.5 Å². The highest BCUT2D eigenvalue weighted by Gasteiger charge is 2.20. The van der Waals surface area contributed by atoms with Crippen LogP contribution in [0, 0.1) is 0 Å². The fourth-order valence-corrected chi connectivity index (χ4v) is 1.83. The molecule has 0 rings (SSSR count). The first-order valence-corrected chi connectivity index (χ1v) is 7.74. The third-order valence-corrected chi connectivity index (χ3v) is 2.21. The zero-order valence-corrected chi connectivity index (χ0v) is 10.1. The van der Waals surface area contributed by atoms with Crippen molar-refractivity contribution in [2.45, 2.75) is 32.9 Å². The molecule has 3 nitrogen and oxygen atoms in total. The van der Waals surface area contributed by atoms with Crippen molar-refractivity contribution < 1.29 is 14.0 Å². The molecule has 0 heterocycles. The first-order chi connectivity index (χ1) is 5.72. The van der Waals surface area contributed by atoms with E-state index in [0.29, 0.717) is 0 Å². The molecule has 0 N–H and O–H groups in total. The van der Waals surface area contributed by atoms with Gasteiger partial charge in [0.05, 0.1) is 0 Å². The van der Waals surface area contributed by atoms with Gasteiger partial charge in [-0.05, 0) is 26.6 Å². The van der Waals surface area contributed by atoms with E-state index in [0.717, 1.165) is 0 Å². The van der Waals surface area contributed by atoms with Gasteiger partial charge in [0.2, 0.25) is 0 Å². The minimum absolute atomic E-state index is 0.133. The highest BCUT2D eigenvalue weighted by atomic mass is 35.5. The van der Waals surface area contributed by atoms with Crippen LogP contribution in [0.25, 0.3) is 0 Å². The van der Waals surface area contributed by atoms with Crippen LogP contribution in [0.15, 0.2) is 11.6 Å². The Morgan fingerprint density at radius 3 is 2.23 bits per heavy atom. The summed E-state index contributed by atoms with van der Waals surface area (Å²) in [4.78, 5) is 10.9. The Hall–Kier alpha value is -0.323. The van der Waals surface area contributed by atoms with E-state index >= 15 is 0 Å². The van der Waals surface area contributed by atoms with Crippen LogP contribution in [0.1, 0.15) is 6.92 Å². The zero-order chi connectivity index (χ0) is 10.6. The van der Waals surface area contributed by atoms with E-state index in [2.05, 4.69) is 6.58 Å². The maximum absolute atomic E-state index is 10.9. The minimum Gasteiger partial charge on any atom is -0.433 e. The quantitative estimate of drug-likeness (QED) is 0.317. The number of rotatable bonds is 4. The molecular formula is C8H15ClO3Si. The summed E-state index contributed by atoms with van der Waals surface area (Å²) in [5.41, 5.74) is 0. The van der Waals surface area contributed by atoms with E-state index in [4.69, 9.17) is 20.8 Å². The first-order valence-electron chi connectivity index (χ1n) is 3.95.